The van der Waals surface area contributed by atoms with E-state index in [0.29, 0.717) is 25.3 Å². The number of amides is 1. The Hall–Kier alpha value is -1.98. The van der Waals surface area contributed by atoms with E-state index in [1.165, 1.54) is 12.3 Å². The lowest BCUT2D eigenvalue weighted by molar-refractivity contribution is -0.134. The lowest BCUT2D eigenvalue weighted by atomic mass is 10.1. The number of carbonyl (C=O) groups excluding carboxylic acids is 1. The normalized spacial score (nSPS) is 16.0. The van der Waals surface area contributed by atoms with Gasteiger partial charge in [0.2, 0.25) is 5.91 Å². The highest BCUT2D eigenvalue weighted by Crippen LogP contribution is 2.12. The van der Waals surface area contributed by atoms with E-state index >= 15 is 0 Å². The fraction of sp³-hybridized carbons (Fsp3) is 0.455. The van der Waals surface area contributed by atoms with E-state index in [9.17, 15) is 9.59 Å². The van der Waals surface area contributed by atoms with E-state index < -0.39 is 5.97 Å². The van der Waals surface area contributed by atoms with E-state index in [4.69, 9.17) is 5.11 Å². The molecular weight excluding hydrogens is 222 g/mol. The SMILES string of the molecule is O=C(O)c1ccnc(CN2CCCCC2=O)n1. The second-order valence-corrected chi connectivity index (χ2v) is 3.94. The van der Waals surface area contributed by atoms with Crippen molar-refractivity contribution in [1.29, 1.82) is 0 Å². The van der Waals surface area contributed by atoms with Gasteiger partial charge in [0.15, 0.2) is 5.69 Å². The molecule has 1 aliphatic rings. The fourth-order valence-electron chi connectivity index (χ4n) is 1.79. The minimum atomic E-state index is -1.08. The van der Waals surface area contributed by atoms with Gasteiger partial charge in [-0.1, -0.05) is 0 Å². The molecule has 1 N–H and O–H groups in total. The third-order valence-electron chi connectivity index (χ3n) is 2.68. The van der Waals surface area contributed by atoms with Gasteiger partial charge in [0.1, 0.15) is 5.82 Å². The highest BCUT2D eigenvalue weighted by atomic mass is 16.4. The maximum absolute atomic E-state index is 11.6. The maximum Gasteiger partial charge on any atom is 0.354 e. The third-order valence-corrected chi connectivity index (χ3v) is 2.68. The van der Waals surface area contributed by atoms with Crippen LogP contribution in [0.5, 0.6) is 0 Å². The Kier molecular flexibility index (Phi) is 3.32. The van der Waals surface area contributed by atoms with Gasteiger partial charge in [0.05, 0.1) is 6.54 Å². The summed E-state index contributed by atoms with van der Waals surface area (Å²) in [5, 5.41) is 8.80. The summed E-state index contributed by atoms with van der Waals surface area (Å²) in [4.78, 5) is 31.9. The van der Waals surface area contributed by atoms with Crippen LogP contribution < -0.4 is 0 Å². The highest BCUT2D eigenvalue weighted by molar-refractivity contribution is 5.85. The first-order chi connectivity index (χ1) is 8.16. The first-order valence-electron chi connectivity index (χ1n) is 5.50. The third kappa shape index (κ3) is 2.77. The molecule has 6 heteroatoms. The zero-order valence-electron chi connectivity index (χ0n) is 9.30. The zero-order chi connectivity index (χ0) is 12.3. The van der Waals surface area contributed by atoms with E-state index in [0.717, 1.165) is 12.8 Å². The Balaban J connectivity index is 2.09. The summed E-state index contributed by atoms with van der Waals surface area (Å²) in [5.74, 6) is -0.626. The van der Waals surface area contributed by atoms with E-state index in [2.05, 4.69) is 9.97 Å². The number of likely N-dealkylation sites (tertiary alicyclic amines) is 1. The monoisotopic (exact) mass is 235 g/mol. The van der Waals surface area contributed by atoms with Crippen LogP contribution in [0.1, 0.15) is 35.6 Å². The summed E-state index contributed by atoms with van der Waals surface area (Å²) < 4.78 is 0. The first-order valence-corrected chi connectivity index (χ1v) is 5.50. The fourth-order valence-corrected chi connectivity index (χ4v) is 1.79. The van der Waals surface area contributed by atoms with Gasteiger partial charge in [-0.3, -0.25) is 4.79 Å². The Morgan fingerprint density at radius 3 is 3.00 bits per heavy atom. The number of hydrogen-bond acceptors (Lipinski definition) is 4. The molecule has 6 nitrogen and oxygen atoms in total. The van der Waals surface area contributed by atoms with Crippen molar-refractivity contribution < 1.29 is 14.7 Å². The lowest BCUT2D eigenvalue weighted by Gasteiger charge is -2.25. The van der Waals surface area contributed by atoms with Crippen molar-refractivity contribution >= 4 is 11.9 Å². The Morgan fingerprint density at radius 1 is 1.47 bits per heavy atom. The number of carboxylic acids is 1. The highest BCUT2D eigenvalue weighted by Gasteiger charge is 2.19. The van der Waals surface area contributed by atoms with Crippen LogP contribution in [0.4, 0.5) is 0 Å². The molecule has 0 aromatic carbocycles. The lowest BCUT2D eigenvalue weighted by Crippen LogP contribution is -2.35. The van der Waals surface area contributed by atoms with Gasteiger partial charge in [-0.15, -0.1) is 0 Å². The molecule has 1 fully saturated rings. The average molecular weight is 235 g/mol. The number of aromatic nitrogens is 2. The maximum atomic E-state index is 11.6. The van der Waals surface area contributed by atoms with Gasteiger partial charge in [0.25, 0.3) is 0 Å². The molecule has 1 aromatic heterocycles. The predicted octanol–water partition coefficient (Wildman–Crippen LogP) is 0.687. The molecule has 90 valence electrons. The van der Waals surface area contributed by atoms with Crippen LogP contribution >= 0.6 is 0 Å². The molecule has 1 aliphatic heterocycles. The van der Waals surface area contributed by atoms with E-state index in [-0.39, 0.29) is 11.6 Å². The molecule has 17 heavy (non-hydrogen) atoms. The summed E-state index contributed by atoms with van der Waals surface area (Å²) in [6.07, 6.45) is 3.86. The number of carbonyl (C=O) groups is 2. The van der Waals surface area contributed by atoms with Crippen LogP contribution in [0.25, 0.3) is 0 Å². The van der Waals surface area contributed by atoms with Crippen LogP contribution in [0.2, 0.25) is 0 Å². The van der Waals surface area contributed by atoms with Crippen molar-refractivity contribution in [3.05, 3.63) is 23.8 Å². The van der Waals surface area contributed by atoms with Crippen molar-refractivity contribution in [3.8, 4) is 0 Å². The molecule has 0 saturated carbocycles. The van der Waals surface area contributed by atoms with Gasteiger partial charge in [-0.25, -0.2) is 14.8 Å². The molecule has 1 aromatic rings. The van der Waals surface area contributed by atoms with Crippen molar-refractivity contribution in [2.75, 3.05) is 6.54 Å². The molecule has 2 rings (SSSR count). The van der Waals surface area contributed by atoms with Crippen molar-refractivity contribution in [2.24, 2.45) is 0 Å². The van der Waals surface area contributed by atoms with Gasteiger partial charge >= 0.3 is 5.97 Å². The average Bonchev–Trinajstić information content (AvgIpc) is 2.32. The molecule has 0 spiro atoms. The molecule has 1 saturated heterocycles. The summed E-state index contributed by atoms with van der Waals surface area (Å²) in [6, 6.07) is 1.34. The first kappa shape index (κ1) is 11.5. The Morgan fingerprint density at radius 2 is 2.29 bits per heavy atom. The molecule has 2 heterocycles. The van der Waals surface area contributed by atoms with Gasteiger partial charge in [-0.2, -0.15) is 0 Å². The van der Waals surface area contributed by atoms with Crippen molar-refractivity contribution in [1.82, 2.24) is 14.9 Å². The van der Waals surface area contributed by atoms with Crippen LogP contribution in [-0.4, -0.2) is 38.4 Å². The number of piperidine rings is 1. The van der Waals surface area contributed by atoms with Crippen LogP contribution in [0.3, 0.4) is 0 Å². The summed E-state index contributed by atoms with van der Waals surface area (Å²) in [5.41, 5.74) is -0.0422. The Labute approximate surface area is 98.3 Å². The molecular formula is C11H13N3O3. The molecule has 0 bridgehead atoms. The van der Waals surface area contributed by atoms with Crippen LogP contribution in [0.15, 0.2) is 12.3 Å². The second kappa shape index (κ2) is 4.90. The molecule has 1 amide bonds. The zero-order valence-corrected chi connectivity index (χ0v) is 9.30. The largest absolute Gasteiger partial charge is 0.477 e. The van der Waals surface area contributed by atoms with Gasteiger partial charge in [0, 0.05) is 19.2 Å². The smallest absolute Gasteiger partial charge is 0.354 e. The summed E-state index contributed by atoms with van der Waals surface area (Å²) >= 11 is 0. The molecule has 0 aliphatic carbocycles. The second-order valence-electron chi connectivity index (χ2n) is 3.94. The minimum Gasteiger partial charge on any atom is -0.477 e. The summed E-state index contributed by atoms with van der Waals surface area (Å²) in [6.45, 7) is 0.986. The number of nitrogens with zero attached hydrogens (tertiary/aromatic N) is 3. The molecule has 0 radical (unpaired) electrons. The van der Waals surface area contributed by atoms with Crippen LogP contribution in [0, 0.1) is 0 Å². The standard InChI is InChI=1S/C11H13N3O3/c15-10-3-1-2-6-14(10)7-9-12-5-4-8(13-9)11(16)17/h4-5H,1-3,6-7H2,(H,16,17). The van der Waals surface area contributed by atoms with Crippen LogP contribution in [-0.2, 0) is 11.3 Å². The van der Waals surface area contributed by atoms with Gasteiger partial charge < -0.3 is 10.0 Å². The number of hydrogen-bond donors (Lipinski definition) is 1. The van der Waals surface area contributed by atoms with Crippen molar-refractivity contribution in [3.63, 3.8) is 0 Å². The number of carboxylic acid groups (broad SMARTS) is 1. The van der Waals surface area contributed by atoms with E-state index in [1.807, 2.05) is 0 Å². The van der Waals surface area contributed by atoms with Gasteiger partial charge in [-0.05, 0) is 18.9 Å². The van der Waals surface area contributed by atoms with Crippen molar-refractivity contribution in [2.45, 2.75) is 25.8 Å². The predicted molar refractivity (Wildman–Crippen MR) is 58.3 cm³/mol. The van der Waals surface area contributed by atoms with E-state index in [1.54, 1.807) is 4.90 Å². The minimum absolute atomic E-state index is 0.0422. The molecule has 0 atom stereocenters. The topological polar surface area (TPSA) is 83.4 Å². The molecule has 0 unspecified atom stereocenters. The quantitative estimate of drug-likeness (QED) is 0.833. The summed E-state index contributed by atoms with van der Waals surface area (Å²) in [7, 11) is 0. The number of rotatable bonds is 3. The Bertz CT molecular complexity index is 447. The number of aromatic carboxylic acids is 1.